The summed E-state index contributed by atoms with van der Waals surface area (Å²) < 4.78 is 68.1. The zero-order chi connectivity index (χ0) is 21.7. The van der Waals surface area contributed by atoms with E-state index < -0.39 is 20.2 Å². The first-order chi connectivity index (χ1) is 13.5. The number of anilines is 1. The molecule has 164 valence electrons. The average Bonchev–Trinajstić information content (AvgIpc) is 2.66. The first-order valence-electron chi connectivity index (χ1n) is 9.58. The number of hydrogen-bond donors (Lipinski definition) is 1. The molecule has 0 radical (unpaired) electrons. The average molecular weight is 436 g/mol. The lowest BCUT2D eigenvalue weighted by Gasteiger charge is -2.34. The van der Waals surface area contributed by atoms with E-state index in [9.17, 15) is 26.4 Å². The summed E-state index contributed by atoms with van der Waals surface area (Å²) in [5.74, 6) is -0.339. The summed E-state index contributed by atoms with van der Waals surface area (Å²) in [7, 11) is -5.44. The number of carbonyl (C=O) groups excluding carboxylic acids is 1. The van der Waals surface area contributed by atoms with Gasteiger partial charge in [0, 0.05) is 32.2 Å². The van der Waals surface area contributed by atoms with Crippen LogP contribution < -0.4 is 10.2 Å². The minimum Gasteiger partial charge on any atom is -0.379 e. The van der Waals surface area contributed by atoms with Crippen molar-refractivity contribution in [3.05, 3.63) is 24.3 Å². The fraction of sp³-hybridized carbons (Fsp3) is 0.632. The number of halogens is 3. The Morgan fingerprint density at radius 3 is 2.45 bits per heavy atom. The van der Waals surface area contributed by atoms with E-state index in [1.807, 2.05) is 13.8 Å². The highest BCUT2D eigenvalue weighted by Crippen LogP contribution is 2.37. The number of amides is 1. The van der Waals surface area contributed by atoms with Crippen molar-refractivity contribution in [2.45, 2.75) is 49.6 Å². The van der Waals surface area contributed by atoms with Crippen LogP contribution in [0.15, 0.2) is 29.2 Å². The number of para-hydroxylation sites is 1. The summed E-state index contributed by atoms with van der Waals surface area (Å²) in [6, 6.07) is 5.11. The number of nitrogens with one attached hydrogen (secondary N) is 1. The molecule has 0 aromatic heterocycles. The van der Waals surface area contributed by atoms with Gasteiger partial charge in [-0.3, -0.25) is 4.79 Å². The molecule has 0 unspecified atom stereocenters. The molecule has 1 amide bonds. The Kier molecular flexibility index (Phi) is 7.93. The van der Waals surface area contributed by atoms with Gasteiger partial charge in [-0.2, -0.15) is 13.2 Å². The molecule has 1 aromatic carbocycles. The normalized spacial score (nSPS) is 16.3. The minimum absolute atomic E-state index is 0.0227. The van der Waals surface area contributed by atoms with Gasteiger partial charge in [0.05, 0.1) is 16.7 Å². The molecule has 10 heteroatoms. The van der Waals surface area contributed by atoms with E-state index in [-0.39, 0.29) is 23.6 Å². The number of hydrogen-bond acceptors (Lipinski definition) is 5. The van der Waals surface area contributed by atoms with Crippen LogP contribution in [0.1, 0.15) is 33.1 Å². The van der Waals surface area contributed by atoms with Gasteiger partial charge in [0.2, 0.25) is 5.91 Å². The summed E-state index contributed by atoms with van der Waals surface area (Å²) >= 11 is 0. The van der Waals surface area contributed by atoms with Crippen molar-refractivity contribution < 1.29 is 31.1 Å². The van der Waals surface area contributed by atoms with Crippen molar-refractivity contribution in [2.24, 2.45) is 5.92 Å². The van der Waals surface area contributed by atoms with Gasteiger partial charge >= 0.3 is 5.51 Å². The zero-order valence-electron chi connectivity index (χ0n) is 16.5. The summed E-state index contributed by atoms with van der Waals surface area (Å²) in [6.07, 6.45) is 1.72. The maximum Gasteiger partial charge on any atom is 0.501 e. The fourth-order valence-electron chi connectivity index (χ4n) is 3.20. The first kappa shape index (κ1) is 23.5. The summed E-state index contributed by atoms with van der Waals surface area (Å²) in [6.45, 7) is 5.53. The summed E-state index contributed by atoms with van der Waals surface area (Å²) in [5.41, 5.74) is -5.34. The molecule has 1 aliphatic rings. The zero-order valence-corrected chi connectivity index (χ0v) is 17.4. The van der Waals surface area contributed by atoms with Crippen molar-refractivity contribution in [1.29, 1.82) is 0 Å². The molecule has 0 aliphatic carbocycles. The number of rotatable bonds is 8. The molecule has 29 heavy (non-hydrogen) atoms. The largest absolute Gasteiger partial charge is 0.501 e. The third-order valence-corrected chi connectivity index (χ3v) is 6.27. The highest BCUT2D eigenvalue weighted by atomic mass is 32.2. The minimum atomic E-state index is -5.44. The van der Waals surface area contributed by atoms with Gasteiger partial charge < -0.3 is 15.0 Å². The molecule has 2 rings (SSSR count). The van der Waals surface area contributed by atoms with E-state index >= 15 is 0 Å². The summed E-state index contributed by atoms with van der Waals surface area (Å²) in [5, 5.41) is 2.85. The van der Waals surface area contributed by atoms with Crippen LogP contribution in [0.4, 0.5) is 18.9 Å². The molecule has 0 spiro atoms. The van der Waals surface area contributed by atoms with Crippen molar-refractivity contribution >= 4 is 21.4 Å². The van der Waals surface area contributed by atoms with Gasteiger partial charge in [-0.1, -0.05) is 12.1 Å². The van der Waals surface area contributed by atoms with Gasteiger partial charge in [0.15, 0.2) is 0 Å². The molecule has 6 nitrogen and oxygen atoms in total. The molecular formula is C19H27F3N2O4S. The van der Waals surface area contributed by atoms with Gasteiger partial charge in [0.25, 0.3) is 9.84 Å². The Bertz CT molecular complexity index is 789. The van der Waals surface area contributed by atoms with Crippen molar-refractivity contribution in [1.82, 2.24) is 5.32 Å². The first-order valence-corrected chi connectivity index (χ1v) is 11.1. The Morgan fingerprint density at radius 1 is 1.24 bits per heavy atom. The fourth-order valence-corrected chi connectivity index (χ4v) is 4.18. The van der Waals surface area contributed by atoms with Crippen LogP contribution in [0.3, 0.4) is 0 Å². The summed E-state index contributed by atoms with van der Waals surface area (Å²) in [4.78, 5) is 13.1. The third kappa shape index (κ3) is 6.08. The van der Waals surface area contributed by atoms with E-state index in [1.165, 1.54) is 18.2 Å². The standard InChI is InChI=1S/C19H27F3N2O4S/c1-14(2)28-13-5-10-23-18(25)15-8-11-24(12-9-15)16-6-3-4-7-17(16)29(26,27)19(20,21)22/h3-4,6-7,14-15H,5,8-13H2,1-2H3,(H,23,25). The number of alkyl halides is 3. The van der Waals surface area contributed by atoms with Crippen molar-refractivity contribution in [3.8, 4) is 0 Å². The quantitative estimate of drug-likeness (QED) is 0.634. The lowest BCUT2D eigenvalue weighted by Crippen LogP contribution is -2.41. The second-order valence-electron chi connectivity index (χ2n) is 7.24. The van der Waals surface area contributed by atoms with Crippen molar-refractivity contribution in [3.63, 3.8) is 0 Å². The predicted octanol–water partition coefficient (Wildman–Crippen LogP) is 3.13. The number of ether oxygens (including phenoxy) is 1. The maximum atomic E-state index is 13.0. The van der Waals surface area contributed by atoms with E-state index in [1.54, 1.807) is 4.90 Å². The van der Waals surface area contributed by atoms with Gasteiger partial charge in [-0.25, -0.2) is 8.42 Å². The number of sulfone groups is 1. The Morgan fingerprint density at radius 2 is 1.86 bits per heavy atom. The van der Waals surface area contributed by atoms with E-state index in [2.05, 4.69) is 5.32 Å². The molecule has 0 atom stereocenters. The second-order valence-corrected chi connectivity index (χ2v) is 9.15. The van der Waals surface area contributed by atoms with Crippen LogP contribution in [0, 0.1) is 5.92 Å². The van der Waals surface area contributed by atoms with Gasteiger partial charge in [-0.15, -0.1) is 0 Å². The third-order valence-electron chi connectivity index (χ3n) is 4.74. The molecular weight excluding hydrogens is 409 g/mol. The highest BCUT2D eigenvalue weighted by Gasteiger charge is 2.48. The number of benzene rings is 1. The van der Waals surface area contributed by atoms with Crippen LogP contribution in [-0.4, -0.2) is 52.2 Å². The Balaban J connectivity index is 1.94. The Labute approximate surface area is 169 Å². The Hall–Kier alpha value is -1.81. The molecule has 0 bridgehead atoms. The SMILES string of the molecule is CC(C)OCCCNC(=O)C1CCN(c2ccccc2S(=O)(=O)C(F)(F)F)CC1. The molecule has 1 N–H and O–H groups in total. The lowest BCUT2D eigenvalue weighted by molar-refractivity contribution is -0.125. The van der Waals surface area contributed by atoms with Crippen LogP contribution in [0.25, 0.3) is 0 Å². The monoisotopic (exact) mass is 436 g/mol. The molecule has 1 heterocycles. The van der Waals surface area contributed by atoms with Gasteiger partial charge in [-0.05, 0) is 45.2 Å². The lowest BCUT2D eigenvalue weighted by atomic mass is 9.95. The van der Waals surface area contributed by atoms with Crippen LogP contribution in [0.5, 0.6) is 0 Å². The van der Waals surface area contributed by atoms with E-state index in [0.717, 1.165) is 6.07 Å². The predicted molar refractivity (Wildman–Crippen MR) is 103 cm³/mol. The number of nitrogens with zero attached hydrogens (tertiary/aromatic N) is 1. The molecule has 1 saturated heterocycles. The van der Waals surface area contributed by atoms with Crippen LogP contribution >= 0.6 is 0 Å². The maximum absolute atomic E-state index is 13.0. The molecule has 1 fully saturated rings. The van der Waals surface area contributed by atoms with Crippen LogP contribution in [0.2, 0.25) is 0 Å². The highest BCUT2D eigenvalue weighted by molar-refractivity contribution is 7.92. The smallest absolute Gasteiger partial charge is 0.379 e. The second kappa shape index (κ2) is 9.80. The van der Waals surface area contributed by atoms with Crippen molar-refractivity contribution in [2.75, 3.05) is 31.1 Å². The topological polar surface area (TPSA) is 75.7 Å². The van der Waals surface area contributed by atoms with Crippen LogP contribution in [-0.2, 0) is 19.4 Å². The van der Waals surface area contributed by atoms with E-state index in [0.29, 0.717) is 45.5 Å². The number of piperidine rings is 1. The molecule has 1 aromatic rings. The van der Waals surface area contributed by atoms with Gasteiger partial charge in [0.1, 0.15) is 0 Å². The molecule has 1 aliphatic heterocycles. The van der Waals surface area contributed by atoms with E-state index in [4.69, 9.17) is 4.74 Å². The molecule has 0 saturated carbocycles. The number of carbonyl (C=O) groups is 1.